The normalized spacial score (nSPS) is 21.7. The molecule has 2 aliphatic rings. The quantitative estimate of drug-likeness (QED) is 0.0375. The molecule has 16 nitrogen and oxygen atoms in total. The minimum absolute atomic E-state index is 0.0596. The van der Waals surface area contributed by atoms with Gasteiger partial charge in [0.2, 0.25) is 0 Å². The second-order valence-corrected chi connectivity index (χ2v) is 22.2. The van der Waals surface area contributed by atoms with E-state index >= 15 is 0 Å². The van der Waals surface area contributed by atoms with Gasteiger partial charge < -0.3 is 0 Å². The van der Waals surface area contributed by atoms with Gasteiger partial charge in [-0.1, -0.05) is 60.7 Å². The van der Waals surface area contributed by atoms with Gasteiger partial charge in [0.15, 0.2) is 0 Å². The first kappa shape index (κ1) is 59.1. The van der Waals surface area contributed by atoms with Crippen LogP contribution in [0.15, 0.2) is 237 Å². The molecule has 0 amide bonds. The molecule has 0 N–H and O–H groups in total. The number of benzene rings is 8. The fourth-order valence-corrected chi connectivity index (χ4v) is 11.8. The third-order valence-corrected chi connectivity index (χ3v) is 16.2. The van der Waals surface area contributed by atoms with E-state index in [1.54, 1.807) is 146 Å². The molecule has 0 unspecified atom stereocenters. The monoisotopic (exact) mass is 1210 g/mol. The second-order valence-electron chi connectivity index (χ2n) is 19.8. The van der Waals surface area contributed by atoms with Crippen LogP contribution in [0.25, 0.3) is 0 Å². The molecule has 0 spiro atoms. The number of aryl methyl sites for hydroxylation is 1. The van der Waals surface area contributed by atoms with E-state index in [4.69, 9.17) is 47.4 Å². The van der Waals surface area contributed by atoms with Crippen molar-refractivity contribution >= 4 is 55.2 Å². The van der Waals surface area contributed by atoms with Crippen LogP contribution in [0, 0.1) is 6.92 Å². The Morgan fingerprint density at radius 1 is 0.353 bits per heavy atom. The van der Waals surface area contributed by atoms with E-state index in [0.29, 0.717) is 0 Å². The summed E-state index contributed by atoms with van der Waals surface area (Å²) in [7, 11) is 0. The summed E-state index contributed by atoms with van der Waals surface area (Å²) in [5, 5.41) is -1.01. The summed E-state index contributed by atoms with van der Waals surface area (Å²) < 4.78 is 66.2. The Balaban J connectivity index is 1.08. The summed E-state index contributed by atoms with van der Waals surface area (Å²) >= 11 is -0.690. The van der Waals surface area contributed by atoms with Crippen LogP contribution in [0.5, 0.6) is 0 Å². The number of ether oxygens (including phenoxy) is 10. The van der Waals surface area contributed by atoms with Crippen LogP contribution >= 0.6 is 0 Å². The Morgan fingerprint density at radius 2 is 0.706 bits per heavy atom. The van der Waals surface area contributed by atoms with Crippen LogP contribution in [0.3, 0.4) is 0 Å². The van der Waals surface area contributed by atoms with Gasteiger partial charge in [-0.3, -0.25) is 0 Å². The van der Waals surface area contributed by atoms with Crippen LogP contribution in [0.4, 0.5) is 0 Å². The van der Waals surface area contributed by atoms with Crippen LogP contribution < -0.4 is 4.46 Å². The third kappa shape index (κ3) is 15.6. The van der Waals surface area contributed by atoms with Crippen molar-refractivity contribution in [1.82, 2.24) is 0 Å². The molecule has 8 aromatic rings. The number of hydrogen-bond acceptors (Lipinski definition) is 16. The van der Waals surface area contributed by atoms with E-state index in [2.05, 4.69) is 0 Å². The van der Waals surface area contributed by atoms with Crippen molar-refractivity contribution in [2.45, 2.75) is 73.7 Å². The number of carbonyl (C=O) groups is 6. The molecule has 17 heteroatoms. The molecule has 2 aliphatic heterocycles. The molecule has 10 atom stereocenters. The van der Waals surface area contributed by atoms with Gasteiger partial charge in [-0.05, 0) is 24.3 Å². The SMILES string of the molecule is Cc1ccc([Se][C@@H]2O[C@H](CO[C@@H]3O[C@H](COC(=O)c4ccccc4)[C@@H](OC(=O)c4ccccc4)[C@H](OC(=O)c4ccccc4)[C@H]3OC(=O)c3ccccc3)[C@@H](OCc3ccccc3)[C@H](OC(=O)c3ccccc3)[C@H]2OC(=O)c2ccccc2)cc1. The summed E-state index contributed by atoms with van der Waals surface area (Å²) in [6, 6.07) is 65.9. The average Bonchev–Trinajstić information content (AvgIpc) is 3.18. The van der Waals surface area contributed by atoms with Crippen molar-refractivity contribution in [3.63, 3.8) is 0 Å². The van der Waals surface area contributed by atoms with Crippen LogP contribution in [0.2, 0.25) is 0 Å². The molecular formula is C68H58O16Se. The molecule has 8 aromatic carbocycles. The Morgan fingerprint density at radius 3 is 1.14 bits per heavy atom. The predicted octanol–water partition coefficient (Wildman–Crippen LogP) is 9.36. The number of esters is 6. The molecule has 0 saturated carbocycles. The summed E-state index contributed by atoms with van der Waals surface area (Å²) in [6.07, 6.45) is -13.6. The van der Waals surface area contributed by atoms with E-state index in [0.717, 1.165) is 15.6 Å². The van der Waals surface area contributed by atoms with E-state index in [9.17, 15) is 28.8 Å². The number of hydrogen-bond donors (Lipinski definition) is 0. The standard InChI is InChI=1S/C68H58O16Se/c1-44-37-39-52(40-38-44)85-68-60(84-66(74)51-35-21-8-22-36-51)57(81-63(71)48-29-15-5-16-30-48)55(75-41-45-23-9-2-10-24-45)53(79-68)43-77-67-59(83-65(73)50-33-19-7-20-34-50)58(82-64(72)49-31-17-6-18-32-49)56(80-62(70)47-27-13-4-14-28-47)54(78-67)42-76-61(69)46-25-11-3-12-26-46/h2-40,53-60,67-68H,41-43H2,1H3/t53-,54-,55-,56-,57+,58+,59-,60-,67-,68+/m1/s1. The number of carbonyl (C=O) groups excluding carboxylic acids is 6. The summed E-state index contributed by atoms with van der Waals surface area (Å²) in [6.45, 7) is 0.773. The zero-order valence-corrected chi connectivity index (χ0v) is 47.6. The zero-order chi connectivity index (χ0) is 58.9. The van der Waals surface area contributed by atoms with Crippen molar-refractivity contribution < 1.29 is 76.1 Å². The number of rotatable bonds is 21. The molecule has 10 rings (SSSR count). The predicted molar refractivity (Wildman–Crippen MR) is 310 cm³/mol. The van der Waals surface area contributed by atoms with Crippen molar-refractivity contribution in [2.75, 3.05) is 13.2 Å². The molecule has 0 radical (unpaired) electrons. The van der Waals surface area contributed by atoms with Gasteiger partial charge in [0.1, 0.15) is 0 Å². The summed E-state index contributed by atoms with van der Waals surface area (Å²) in [5.74, 6) is -4.92. The molecule has 0 aromatic heterocycles. The minimum atomic E-state index is -1.76. The third-order valence-electron chi connectivity index (χ3n) is 13.8. The molecule has 85 heavy (non-hydrogen) atoms. The van der Waals surface area contributed by atoms with Gasteiger partial charge in [0.25, 0.3) is 0 Å². The van der Waals surface area contributed by atoms with Gasteiger partial charge in [0.05, 0.1) is 0 Å². The average molecular weight is 1210 g/mol. The van der Waals surface area contributed by atoms with Crippen molar-refractivity contribution in [3.8, 4) is 0 Å². The molecular weight excluding hydrogens is 1150 g/mol. The van der Waals surface area contributed by atoms with E-state index in [-0.39, 0.29) is 40.0 Å². The first-order valence-electron chi connectivity index (χ1n) is 27.4. The second kappa shape index (κ2) is 29.0. The van der Waals surface area contributed by atoms with Gasteiger partial charge in [-0.25, -0.2) is 0 Å². The Kier molecular flexibility index (Phi) is 20.1. The van der Waals surface area contributed by atoms with Crippen LogP contribution in [0.1, 0.15) is 73.3 Å². The van der Waals surface area contributed by atoms with Crippen molar-refractivity contribution in [3.05, 3.63) is 281 Å². The molecule has 432 valence electrons. The van der Waals surface area contributed by atoms with E-state index in [1.807, 2.05) is 61.5 Å². The maximum absolute atomic E-state index is 14.5. The summed E-state index contributed by atoms with van der Waals surface area (Å²) in [5.41, 5.74) is 2.65. The molecule has 0 aliphatic carbocycles. The Hall–Kier alpha value is -9.06. The van der Waals surface area contributed by atoms with Crippen LogP contribution in [-0.2, 0) is 54.0 Å². The topological polar surface area (TPSA) is 195 Å². The molecule has 2 fully saturated rings. The van der Waals surface area contributed by atoms with Gasteiger partial charge in [-0.15, -0.1) is 0 Å². The molecule has 2 heterocycles. The van der Waals surface area contributed by atoms with Gasteiger partial charge >= 0.3 is 414 Å². The summed E-state index contributed by atoms with van der Waals surface area (Å²) in [4.78, 5) is 85.8. The maximum atomic E-state index is 14.5. The van der Waals surface area contributed by atoms with Crippen molar-refractivity contribution in [1.29, 1.82) is 0 Å². The fraction of sp³-hybridized carbons (Fsp3) is 0.206. The van der Waals surface area contributed by atoms with Crippen molar-refractivity contribution in [2.24, 2.45) is 0 Å². The Bertz CT molecular complexity index is 3470. The zero-order valence-electron chi connectivity index (χ0n) is 45.9. The van der Waals surface area contributed by atoms with E-state index in [1.165, 1.54) is 36.4 Å². The van der Waals surface area contributed by atoms with Gasteiger partial charge in [0, 0.05) is 0 Å². The van der Waals surface area contributed by atoms with Gasteiger partial charge in [-0.2, -0.15) is 0 Å². The Labute approximate surface area is 497 Å². The molecule has 0 bridgehead atoms. The first-order valence-corrected chi connectivity index (χ1v) is 29.2. The van der Waals surface area contributed by atoms with Crippen LogP contribution in [-0.4, -0.2) is 124 Å². The first-order chi connectivity index (χ1) is 41.5. The molecule has 2 saturated heterocycles. The van der Waals surface area contributed by atoms with E-state index < -0.39 is 124 Å². The fourth-order valence-electron chi connectivity index (χ4n) is 9.47.